The Labute approximate surface area is 109 Å². The molecule has 0 fully saturated rings. The van der Waals surface area contributed by atoms with Gasteiger partial charge in [0.25, 0.3) is 0 Å². The second-order valence-electron chi connectivity index (χ2n) is 0.688. The zero-order chi connectivity index (χ0) is 7.82. The van der Waals surface area contributed by atoms with Gasteiger partial charge in [-0.1, -0.05) is 0 Å². The summed E-state index contributed by atoms with van der Waals surface area (Å²) in [6.45, 7) is 0. The molecular weight excluding hydrogens is 630 g/mol. The standard InChI is InChI=1S/CHI4NO2S2/c2-5-8-1(7)4-10-6-9-3/h6H/q-2. The van der Waals surface area contributed by atoms with E-state index in [2.05, 4.69) is 43.9 Å². The summed E-state index contributed by atoms with van der Waals surface area (Å²) in [4.78, 5) is 10.7. The van der Waals surface area contributed by atoms with Crippen molar-refractivity contribution < 1.29 is 45.3 Å². The molecule has 0 atom stereocenters. The van der Waals surface area contributed by atoms with E-state index in [1.165, 1.54) is 18.2 Å². The van der Waals surface area contributed by atoms with Crippen LogP contribution >= 0.6 is 58.1 Å². The molecule has 0 radical (unpaired) electrons. The Kier molecular flexibility index (Phi) is 13.2. The van der Waals surface area contributed by atoms with Crippen molar-refractivity contribution in [1.82, 2.24) is 4.13 Å². The molecule has 0 bridgehead atoms. The van der Waals surface area contributed by atoms with Crippen LogP contribution in [0.3, 0.4) is 0 Å². The van der Waals surface area contributed by atoms with E-state index in [9.17, 15) is 4.79 Å². The van der Waals surface area contributed by atoms with Gasteiger partial charge < -0.3 is 0 Å². The van der Waals surface area contributed by atoms with Gasteiger partial charge in [-0.25, -0.2) is 0 Å². The van der Waals surface area contributed by atoms with Gasteiger partial charge in [-0.2, -0.15) is 0 Å². The molecule has 10 heavy (non-hydrogen) atoms. The van der Waals surface area contributed by atoms with E-state index in [1.54, 1.807) is 0 Å². The van der Waals surface area contributed by atoms with E-state index < -0.39 is 19.8 Å². The van der Waals surface area contributed by atoms with E-state index >= 15 is 0 Å². The fourth-order valence-corrected chi connectivity index (χ4v) is 11.9. The average molecular weight is 631 g/mol. The van der Waals surface area contributed by atoms with Crippen molar-refractivity contribution in [3.05, 3.63) is 0 Å². The number of hydrogen-bond donors (Lipinski definition) is 1. The van der Waals surface area contributed by atoms with Crippen LogP contribution < -0.4 is 41.6 Å². The van der Waals surface area contributed by atoms with Crippen LogP contribution in [0.25, 0.3) is 0 Å². The van der Waals surface area contributed by atoms with Gasteiger partial charge in [0.1, 0.15) is 0 Å². The first-order valence-electron chi connectivity index (χ1n) is 1.61. The van der Waals surface area contributed by atoms with Crippen LogP contribution in [0.2, 0.25) is 0 Å². The number of halogens is 4. The van der Waals surface area contributed by atoms with Gasteiger partial charge in [0.15, 0.2) is 0 Å². The third-order valence-corrected chi connectivity index (χ3v) is 8.68. The third-order valence-electron chi connectivity index (χ3n) is 0.254. The molecular formula is CHI4NO2S2-2. The predicted molar refractivity (Wildman–Crippen MR) is 52.8 cm³/mol. The normalized spacial score (nSPS) is 10.2. The molecule has 0 spiro atoms. The first-order chi connectivity index (χ1) is 4.81. The molecule has 0 aliphatic rings. The first kappa shape index (κ1) is 13.1. The van der Waals surface area contributed by atoms with Crippen LogP contribution in [0.4, 0.5) is 4.79 Å². The van der Waals surface area contributed by atoms with Crippen LogP contribution in [-0.2, 0) is 3.07 Å². The van der Waals surface area contributed by atoms with Crippen LogP contribution in [0.15, 0.2) is 0 Å². The fraction of sp³-hybridized carbons (Fsp3) is 0. The number of hydrogen-bond acceptors (Lipinski definition) is 5. The third kappa shape index (κ3) is 9.14. The number of carbonyl (C=O) groups excluding carboxylic acids is 1. The SMILES string of the molecule is O=C(O[I-]I)[I-]SNSI. The molecule has 0 aromatic rings. The summed E-state index contributed by atoms with van der Waals surface area (Å²) in [7, 11) is 2.93. The second-order valence-corrected chi connectivity index (χ2v) is 9.67. The summed E-state index contributed by atoms with van der Waals surface area (Å²) < 4.78 is 7.71. The first-order valence-corrected chi connectivity index (χ1v) is 16.6. The topological polar surface area (TPSA) is 38.3 Å². The van der Waals surface area contributed by atoms with Gasteiger partial charge in [0.05, 0.1) is 0 Å². The molecule has 0 aromatic heterocycles. The number of nitrogens with one attached hydrogen (secondary N) is 1. The monoisotopic (exact) mass is 631 g/mol. The van der Waals surface area contributed by atoms with Crippen LogP contribution in [-0.4, -0.2) is 3.98 Å². The maximum atomic E-state index is 10.7. The van der Waals surface area contributed by atoms with Crippen molar-refractivity contribution in [1.29, 1.82) is 0 Å². The molecule has 0 saturated carbocycles. The molecule has 0 aromatic carbocycles. The average Bonchev–Trinajstić information content (AvgIpc) is 1.89. The van der Waals surface area contributed by atoms with Crippen LogP contribution in [0, 0.1) is 0 Å². The number of carbonyl (C=O) groups is 1. The van der Waals surface area contributed by atoms with Crippen molar-refractivity contribution in [2.75, 3.05) is 0 Å². The maximum absolute atomic E-state index is 10.7. The van der Waals surface area contributed by atoms with E-state index in [1.807, 2.05) is 0 Å². The summed E-state index contributed by atoms with van der Waals surface area (Å²) >= 11 is 3.36. The van der Waals surface area contributed by atoms with E-state index in [0.717, 1.165) is 0 Å². The quantitative estimate of drug-likeness (QED) is 0.150. The molecule has 0 aliphatic heterocycles. The summed E-state index contributed by atoms with van der Waals surface area (Å²) in [6, 6.07) is 0. The van der Waals surface area contributed by atoms with Gasteiger partial charge in [-0.05, 0) is 0 Å². The molecule has 0 saturated heterocycles. The summed E-state index contributed by atoms with van der Waals surface area (Å²) in [5.41, 5.74) is 0. The minimum absolute atomic E-state index is 0.0241. The van der Waals surface area contributed by atoms with E-state index in [0.29, 0.717) is 0 Å². The van der Waals surface area contributed by atoms with Crippen LogP contribution in [0.5, 0.6) is 0 Å². The van der Waals surface area contributed by atoms with Gasteiger partial charge >= 0.3 is 111 Å². The Bertz CT molecular complexity index is 103. The Morgan fingerprint density at radius 3 is 2.90 bits per heavy atom. The molecule has 0 aliphatic carbocycles. The van der Waals surface area contributed by atoms with Crippen molar-refractivity contribution >= 4 is 62.0 Å². The van der Waals surface area contributed by atoms with Crippen LogP contribution in [0.1, 0.15) is 0 Å². The molecule has 9 heteroatoms. The van der Waals surface area contributed by atoms with Gasteiger partial charge in [-0.3, -0.25) is 0 Å². The van der Waals surface area contributed by atoms with Gasteiger partial charge in [-0.15, -0.1) is 0 Å². The molecule has 0 amide bonds. The summed E-state index contributed by atoms with van der Waals surface area (Å²) in [5.74, 6) is 0. The molecule has 0 rings (SSSR count). The second kappa shape index (κ2) is 10.1. The molecule has 1 N–H and O–H groups in total. The Morgan fingerprint density at radius 2 is 2.40 bits per heavy atom. The Balaban J connectivity index is 3.05. The molecule has 3 nitrogen and oxygen atoms in total. The van der Waals surface area contributed by atoms with Gasteiger partial charge in [0, 0.05) is 0 Å². The van der Waals surface area contributed by atoms with Crippen molar-refractivity contribution in [2.24, 2.45) is 0 Å². The van der Waals surface area contributed by atoms with Crippen molar-refractivity contribution in [3.8, 4) is 0 Å². The van der Waals surface area contributed by atoms with E-state index in [4.69, 9.17) is 3.07 Å². The molecule has 0 heterocycles. The molecule has 0 unspecified atom stereocenters. The fourth-order valence-electron chi connectivity index (χ4n) is 0.0940. The zero-order valence-electron chi connectivity index (χ0n) is 4.14. The Hall–Kier alpha value is 3.05. The summed E-state index contributed by atoms with van der Waals surface area (Å²) in [6.07, 6.45) is 0. The summed E-state index contributed by atoms with van der Waals surface area (Å²) in [5, 5.41) is 0. The zero-order valence-corrected chi connectivity index (χ0v) is 14.4. The van der Waals surface area contributed by atoms with Gasteiger partial charge in [0.2, 0.25) is 0 Å². The Morgan fingerprint density at radius 1 is 1.70 bits per heavy atom. The minimum atomic E-state index is -0.509. The number of rotatable bonds is 5. The predicted octanol–water partition coefficient (Wildman–Crippen LogP) is -3.28. The van der Waals surface area contributed by atoms with Crippen molar-refractivity contribution in [3.63, 3.8) is 0 Å². The van der Waals surface area contributed by atoms with Crippen molar-refractivity contribution in [2.45, 2.75) is 0 Å². The molecule has 64 valence electrons. The van der Waals surface area contributed by atoms with E-state index in [-0.39, 0.29) is 21.6 Å².